The van der Waals surface area contributed by atoms with Crippen LogP contribution < -0.4 is 16.4 Å². The van der Waals surface area contributed by atoms with Crippen LogP contribution in [0, 0.1) is 27.7 Å². The molecule has 0 aliphatic heterocycles. The molecule has 2 rings (SSSR count). The lowest BCUT2D eigenvalue weighted by molar-refractivity contribution is -0.143. The van der Waals surface area contributed by atoms with Crippen LogP contribution >= 0.6 is 0 Å². The monoisotopic (exact) mass is 552 g/mol. The van der Waals surface area contributed by atoms with Crippen molar-refractivity contribution in [3.8, 4) is 0 Å². The Balaban J connectivity index is 2.62. The van der Waals surface area contributed by atoms with Gasteiger partial charge in [-0.3, -0.25) is 14.4 Å². The number of alkyl carbamates (subject to hydrolysis) is 1. The Kier molecular flexibility index (Phi) is 10.9. The number of anilines is 1. The minimum atomic E-state index is -1.15. The molecule has 218 valence electrons. The van der Waals surface area contributed by atoms with Crippen molar-refractivity contribution in [3.05, 3.63) is 64.2 Å². The normalized spacial score (nSPS) is 12.8. The number of para-hydroxylation sites is 1. The Bertz CT molecular complexity index is 1230. The predicted octanol–water partition coefficient (Wildman–Crippen LogP) is 5.00. The van der Waals surface area contributed by atoms with Gasteiger partial charge in [0.25, 0.3) is 5.91 Å². The number of benzene rings is 2. The fraction of sp³-hybridized carbons (Fsp3) is 0.484. The molecule has 0 aliphatic rings. The smallest absolute Gasteiger partial charge is 0.408 e. The van der Waals surface area contributed by atoms with E-state index in [1.807, 2.05) is 64.1 Å². The molecule has 0 spiro atoms. The lowest BCUT2D eigenvalue weighted by Crippen LogP contribution is -2.54. The minimum Gasteiger partial charge on any atom is -0.444 e. The number of hydrogen-bond donors (Lipinski definition) is 3. The average molecular weight is 553 g/mol. The van der Waals surface area contributed by atoms with E-state index >= 15 is 0 Å². The van der Waals surface area contributed by atoms with Crippen LogP contribution in [-0.2, 0) is 19.1 Å². The zero-order valence-electron chi connectivity index (χ0n) is 25.2. The summed E-state index contributed by atoms with van der Waals surface area (Å²) in [7, 11) is 0. The second-order valence-corrected chi connectivity index (χ2v) is 11.6. The van der Waals surface area contributed by atoms with Crippen molar-refractivity contribution in [2.45, 2.75) is 98.9 Å². The van der Waals surface area contributed by atoms with Crippen LogP contribution in [0.3, 0.4) is 0 Å². The topological polar surface area (TPSA) is 131 Å². The summed E-state index contributed by atoms with van der Waals surface area (Å²) in [5, 5.41) is 5.66. The molecule has 0 aliphatic carbocycles. The number of nitrogens with zero attached hydrogens (tertiary/aromatic N) is 1. The molecule has 2 atom stereocenters. The summed E-state index contributed by atoms with van der Waals surface area (Å²) in [6.45, 7) is 16.4. The maximum Gasteiger partial charge on any atom is 0.408 e. The van der Waals surface area contributed by atoms with Gasteiger partial charge in [-0.25, -0.2) is 4.79 Å². The molecule has 2 aromatic carbocycles. The van der Waals surface area contributed by atoms with Crippen molar-refractivity contribution in [1.29, 1.82) is 0 Å². The summed E-state index contributed by atoms with van der Waals surface area (Å²) in [5.74, 6) is -1.53. The van der Waals surface area contributed by atoms with E-state index in [4.69, 9.17) is 10.5 Å². The summed E-state index contributed by atoms with van der Waals surface area (Å²) >= 11 is 0. The number of amides is 4. The maximum absolute atomic E-state index is 14.2. The molecule has 40 heavy (non-hydrogen) atoms. The van der Waals surface area contributed by atoms with Gasteiger partial charge in [0, 0.05) is 18.2 Å². The van der Waals surface area contributed by atoms with Gasteiger partial charge >= 0.3 is 6.09 Å². The van der Waals surface area contributed by atoms with Gasteiger partial charge in [-0.2, -0.15) is 0 Å². The Morgan fingerprint density at radius 1 is 0.950 bits per heavy atom. The highest BCUT2D eigenvalue weighted by Gasteiger charge is 2.38. The molecule has 0 bridgehead atoms. The van der Waals surface area contributed by atoms with Crippen molar-refractivity contribution in [1.82, 2.24) is 10.2 Å². The maximum atomic E-state index is 14.2. The number of hydrogen-bond acceptors (Lipinski definition) is 5. The van der Waals surface area contributed by atoms with E-state index in [-0.39, 0.29) is 12.8 Å². The van der Waals surface area contributed by atoms with E-state index in [1.54, 1.807) is 34.6 Å². The van der Waals surface area contributed by atoms with Crippen molar-refractivity contribution in [2.75, 3.05) is 5.32 Å². The van der Waals surface area contributed by atoms with Crippen LogP contribution in [0.2, 0.25) is 0 Å². The largest absolute Gasteiger partial charge is 0.444 e. The van der Waals surface area contributed by atoms with Gasteiger partial charge in [-0.15, -0.1) is 0 Å². The fourth-order valence-electron chi connectivity index (χ4n) is 4.61. The van der Waals surface area contributed by atoms with Crippen LogP contribution in [0.4, 0.5) is 10.5 Å². The van der Waals surface area contributed by atoms with Gasteiger partial charge in [0.1, 0.15) is 17.7 Å². The van der Waals surface area contributed by atoms with Crippen LogP contribution in [0.5, 0.6) is 0 Å². The molecule has 9 heteroatoms. The number of primary amides is 1. The molecule has 0 saturated heterocycles. The highest BCUT2D eigenvalue weighted by molar-refractivity contribution is 6.00. The standard InChI is InChI=1S/C31H44N4O5/c1-18(2)35(29(38)24(15-16-25(32)36)33-30(39)40-31(7,8)9)27(23-14-13-19(3)17-22(23)6)28(37)34-26-20(4)11-10-12-21(26)5/h10-14,17-18,24,27H,15-16H2,1-9H3,(H2,32,36)(H,33,39)(H,34,37). The molecule has 0 aromatic heterocycles. The van der Waals surface area contributed by atoms with E-state index in [0.717, 1.165) is 22.3 Å². The second-order valence-electron chi connectivity index (χ2n) is 11.6. The van der Waals surface area contributed by atoms with Gasteiger partial charge in [-0.1, -0.05) is 42.0 Å². The number of rotatable bonds is 10. The molecular formula is C31H44N4O5. The van der Waals surface area contributed by atoms with Crippen molar-refractivity contribution in [3.63, 3.8) is 0 Å². The van der Waals surface area contributed by atoms with E-state index in [1.165, 1.54) is 4.90 Å². The van der Waals surface area contributed by atoms with Crippen LogP contribution in [0.1, 0.15) is 81.3 Å². The third-order valence-electron chi connectivity index (χ3n) is 6.46. The van der Waals surface area contributed by atoms with Crippen molar-refractivity contribution >= 4 is 29.5 Å². The number of aryl methyl sites for hydroxylation is 4. The molecule has 0 fully saturated rings. The van der Waals surface area contributed by atoms with Gasteiger partial charge < -0.3 is 26.0 Å². The highest BCUT2D eigenvalue weighted by atomic mass is 16.6. The summed E-state index contributed by atoms with van der Waals surface area (Å²) < 4.78 is 5.38. The Labute approximate surface area is 237 Å². The van der Waals surface area contributed by atoms with Gasteiger partial charge in [-0.05, 0) is 91.0 Å². The van der Waals surface area contributed by atoms with E-state index in [9.17, 15) is 19.2 Å². The van der Waals surface area contributed by atoms with Crippen LogP contribution in [-0.4, -0.2) is 46.4 Å². The van der Waals surface area contributed by atoms with E-state index in [2.05, 4.69) is 10.6 Å². The number of nitrogens with one attached hydrogen (secondary N) is 2. The Morgan fingerprint density at radius 3 is 2.05 bits per heavy atom. The van der Waals surface area contributed by atoms with Crippen molar-refractivity contribution in [2.24, 2.45) is 5.73 Å². The summed E-state index contributed by atoms with van der Waals surface area (Å²) in [6, 6.07) is 8.82. The molecule has 4 N–H and O–H groups in total. The summed E-state index contributed by atoms with van der Waals surface area (Å²) in [6.07, 6.45) is -0.988. The SMILES string of the molecule is Cc1ccc(C(C(=O)Nc2c(C)cccc2C)N(C(=O)C(CCC(N)=O)NC(=O)OC(C)(C)C)C(C)C)c(C)c1. The first kappa shape index (κ1) is 32.3. The van der Waals surface area contributed by atoms with Gasteiger partial charge in [0.2, 0.25) is 11.8 Å². The zero-order valence-corrected chi connectivity index (χ0v) is 25.2. The summed E-state index contributed by atoms with van der Waals surface area (Å²) in [4.78, 5) is 54.1. The third-order valence-corrected chi connectivity index (χ3v) is 6.46. The van der Waals surface area contributed by atoms with Gasteiger partial charge in [0.15, 0.2) is 0 Å². The van der Waals surface area contributed by atoms with Crippen LogP contribution in [0.25, 0.3) is 0 Å². The zero-order chi connectivity index (χ0) is 30.4. The number of carbonyl (C=O) groups excluding carboxylic acids is 4. The van der Waals surface area contributed by atoms with Crippen molar-refractivity contribution < 1.29 is 23.9 Å². The third kappa shape index (κ3) is 8.83. The molecule has 2 unspecified atom stereocenters. The Morgan fingerprint density at radius 2 is 1.55 bits per heavy atom. The fourth-order valence-corrected chi connectivity index (χ4v) is 4.61. The predicted molar refractivity (Wildman–Crippen MR) is 157 cm³/mol. The molecule has 2 aromatic rings. The first-order chi connectivity index (χ1) is 18.5. The molecular weight excluding hydrogens is 508 g/mol. The highest BCUT2D eigenvalue weighted by Crippen LogP contribution is 2.31. The molecule has 9 nitrogen and oxygen atoms in total. The van der Waals surface area contributed by atoms with E-state index in [0.29, 0.717) is 11.3 Å². The second kappa shape index (κ2) is 13.5. The lowest BCUT2D eigenvalue weighted by atomic mass is 9.94. The number of ether oxygens (including phenoxy) is 1. The minimum absolute atomic E-state index is 0.0469. The molecule has 4 amide bonds. The Hall–Kier alpha value is -3.88. The molecule has 0 heterocycles. The number of carbonyl (C=O) groups is 4. The summed E-state index contributed by atoms with van der Waals surface area (Å²) in [5.41, 5.74) is 9.55. The van der Waals surface area contributed by atoms with E-state index < -0.39 is 47.5 Å². The lowest BCUT2D eigenvalue weighted by Gasteiger charge is -2.38. The first-order valence-electron chi connectivity index (χ1n) is 13.6. The number of nitrogens with two attached hydrogens (primary N) is 1. The molecule has 0 saturated carbocycles. The average Bonchev–Trinajstić information content (AvgIpc) is 2.81. The quantitative estimate of drug-likeness (QED) is 0.382. The van der Waals surface area contributed by atoms with Gasteiger partial charge in [0.05, 0.1) is 0 Å². The van der Waals surface area contributed by atoms with Crippen LogP contribution in [0.15, 0.2) is 36.4 Å². The molecule has 0 radical (unpaired) electrons. The first-order valence-corrected chi connectivity index (χ1v) is 13.6.